The van der Waals surface area contributed by atoms with Crippen molar-refractivity contribution >= 4 is 21.8 Å². The molecule has 0 aromatic carbocycles. The van der Waals surface area contributed by atoms with Crippen LogP contribution in [0.2, 0.25) is 0 Å². The van der Waals surface area contributed by atoms with Crippen LogP contribution in [0, 0.1) is 0 Å². The summed E-state index contributed by atoms with van der Waals surface area (Å²) in [5, 5.41) is 10.3. The predicted octanol–water partition coefficient (Wildman–Crippen LogP) is 0.903. The first kappa shape index (κ1) is 11.7. The predicted molar refractivity (Wildman–Crippen MR) is 64.1 cm³/mol. The molecule has 0 saturated carbocycles. The number of nitrogens with one attached hydrogen (secondary N) is 1. The minimum Gasteiger partial charge on any atom is -0.343 e. The smallest absolute Gasteiger partial charge is 0.271 e. The molecule has 0 fully saturated rings. The summed E-state index contributed by atoms with van der Waals surface area (Å²) in [6.07, 6.45) is 3.15. The van der Waals surface area contributed by atoms with E-state index in [0.717, 1.165) is 0 Å². The van der Waals surface area contributed by atoms with Gasteiger partial charge in [-0.25, -0.2) is 4.98 Å². The maximum absolute atomic E-state index is 11.8. The van der Waals surface area contributed by atoms with Gasteiger partial charge in [0.25, 0.3) is 5.91 Å². The summed E-state index contributed by atoms with van der Waals surface area (Å²) < 4.78 is 2.41. The molecule has 0 saturated heterocycles. The lowest BCUT2D eigenvalue weighted by Crippen LogP contribution is -2.25. The molecule has 0 aliphatic rings. The van der Waals surface area contributed by atoms with E-state index < -0.39 is 0 Å². The van der Waals surface area contributed by atoms with Crippen molar-refractivity contribution in [3.05, 3.63) is 40.6 Å². The Hall–Kier alpha value is -1.76. The van der Waals surface area contributed by atoms with Crippen LogP contribution in [-0.2, 0) is 13.6 Å². The van der Waals surface area contributed by atoms with Gasteiger partial charge >= 0.3 is 0 Å². The van der Waals surface area contributed by atoms with Crippen LogP contribution in [-0.4, -0.2) is 25.7 Å². The highest BCUT2D eigenvalue weighted by Crippen LogP contribution is 2.12. The van der Waals surface area contributed by atoms with Crippen molar-refractivity contribution in [3.8, 4) is 0 Å². The maximum Gasteiger partial charge on any atom is 0.271 e. The fraction of sp³-hybridized carbons (Fsp3) is 0.200. The summed E-state index contributed by atoms with van der Waals surface area (Å²) in [6, 6.07) is 3.52. The van der Waals surface area contributed by atoms with Crippen LogP contribution in [0.5, 0.6) is 0 Å². The molecule has 0 atom stereocenters. The van der Waals surface area contributed by atoms with Crippen molar-refractivity contribution in [2.24, 2.45) is 7.05 Å². The van der Waals surface area contributed by atoms with Gasteiger partial charge in [-0.3, -0.25) is 4.79 Å². The van der Waals surface area contributed by atoms with Crippen molar-refractivity contribution in [3.63, 3.8) is 0 Å². The topological polar surface area (TPSA) is 72.7 Å². The summed E-state index contributed by atoms with van der Waals surface area (Å²) in [7, 11) is 1.82. The molecule has 6 nitrogen and oxygen atoms in total. The number of nitrogens with zero attached hydrogens (tertiary/aromatic N) is 4. The van der Waals surface area contributed by atoms with Gasteiger partial charge in [0.2, 0.25) is 0 Å². The number of rotatable bonds is 3. The Morgan fingerprint density at radius 2 is 2.41 bits per heavy atom. The van der Waals surface area contributed by atoms with E-state index in [1.54, 1.807) is 29.2 Å². The van der Waals surface area contributed by atoms with Crippen LogP contribution >= 0.6 is 15.9 Å². The summed E-state index contributed by atoms with van der Waals surface area (Å²) in [4.78, 5) is 15.8. The molecule has 1 N–H and O–H groups in total. The van der Waals surface area contributed by atoms with E-state index in [4.69, 9.17) is 0 Å². The normalized spacial score (nSPS) is 10.2. The van der Waals surface area contributed by atoms with Gasteiger partial charge in [-0.15, -0.1) is 10.2 Å². The number of aromatic nitrogens is 4. The van der Waals surface area contributed by atoms with E-state index in [1.165, 1.54) is 0 Å². The zero-order chi connectivity index (χ0) is 12.3. The Balaban J connectivity index is 2.04. The first-order chi connectivity index (χ1) is 8.18. The zero-order valence-electron chi connectivity index (χ0n) is 9.09. The molecule has 88 valence electrons. The van der Waals surface area contributed by atoms with Gasteiger partial charge < -0.3 is 9.88 Å². The number of carbonyl (C=O) groups excluding carboxylic acids is 1. The number of hydrogen-bond acceptors (Lipinski definition) is 4. The molecular formula is C10H10BrN5O. The number of aryl methyl sites for hydroxylation is 1. The van der Waals surface area contributed by atoms with Gasteiger partial charge in [0.15, 0.2) is 5.82 Å². The highest BCUT2D eigenvalue weighted by atomic mass is 79.9. The molecule has 1 amide bonds. The highest BCUT2D eigenvalue weighted by molar-refractivity contribution is 9.10. The molecule has 17 heavy (non-hydrogen) atoms. The van der Waals surface area contributed by atoms with E-state index in [9.17, 15) is 4.79 Å². The van der Waals surface area contributed by atoms with Gasteiger partial charge in [-0.05, 0) is 28.1 Å². The Kier molecular flexibility index (Phi) is 3.48. The second-order valence-electron chi connectivity index (χ2n) is 3.37. The van der Waals surface area contributed by atoms with Gasteiger partial charge in [-0.2, -0.15) is 0 Å². The Morgan fingerprint density at radius 1 is 1.59 bits per heavy atom. The van der Waals surface area contributed by atoms with Gasteiger partial charge in [-0.1, -0.05) is 0 Å². The van der Waals surface area contributed by atoms with E-state index in [2.05, 4.69) is 36.4 Å². The fourth-order valence-corrected chi connectivity index (χ4v) is 1.70. The van der Waals surface area contributed by atoms with E-state index in [0.29, 0.717) is 22.5 Å². The summed E-state index contributed by atoms with van der Waals surface area (Å²) in [5.74, 6) is 0.436. The molecule has 0 unspecified atom stereocenters. The minimum atomic E-state index is -0.250. The minimum absolute atomic E-state index is 0.250. The Labute approximate surface area is 106 Å². The highest BCUT2D eigenvalue weighted by Gasteiger charge is 2.11. The number of halogens is 1. The third-order valence-corrected chi connectivity index (χ3v) is 2.83. The molecule has 2 aromatic rings. The quantitative estimate of drug-likeness (QED) is 0.913. The second-order valence-corrected chi connectivity index (χ2v) is 4.23. The third-order valence-electron chi connectivity index (χ3n) is 2.19. The van der Waals surface area contributed by atoms with Gasteiger partial charge in [0.1, 0.15) is 12.0 Å². The number of amides is 1. The molecule has 0 bridgehead atoms. The molecule has 2 aromatic heterocycles. The molecule has 0 radical (unpaired) electrons. The average Bonchev–Trinajstić information content (AvgIpc) is 2.72. The Bertz CT molecular complexity index is 539. The SMILES string of the molecule is Cn1cnnc1CNC(=O)c1ncccc1Br. The van der Waals surface area contributed by atoms with Crippen LogP contribution in [0.15, 0.2) is 29.1 Å². The molecule has 2 rings (SSSR count). The lowest BCUT2D eigenvalue weighted by molar-refractivity contribution is 0.0943. The molecular weight excluding hydrogens is 286 g/mol. The van der Waals surface area contributed by atoms with Crippen molar-refractivity contribution < 1.29 is 4.79 Å². The first-order valence-electron chi connectivity index (χ1n) is 4.90. The fourth-order valence-electron chi connectivity index (χ4n) is 1.26. The van der Waals surface area contributed by atoms with Crippen molar-refractivity contribution in [1.29, 1.82) is 0 Å². The summed E-state index contributed by atoms with van der Waals surface area (Å²) in [5.41, 5.74) is 0.356. The van der Waals surface area contributed by atoms with Crippen molar-refractivity contribution in [2.45, 2.75) is 6.54 Å². The zero-order valence-corrected chi connectivity index (χ0v) is 10.7. The lowest BCUT2D eigenvalue weighted by Gasteiger charge is -2.05. The van der Waals surface area contributed by atoms with E-state index >= 15 is 0 Å². The van der Waals surface area contributed by atoms with Crippen LogP contribution < -0.4 is 5.32 Å². The number of pyridine rings is 1. The molecule has 0 aliphatic heterocycles. The van der Waals surface area contributed by atoms with Crippen LogP contribution in [0.3, 0.4) is 0 Å². The standard InChI is InChI=1S/C10H10BrN5O/c1-16-6-14-15-8(16)5-13-10(17)9-7(11)3-2-4-12-9/h2-4,6H,5H2,1H3,(H,13,17). The van der Waals surface area contributed by atoms with Crippen molar-refractivity contribution in [2.75, 3.05) is 0 Å². The monoisotopic (exact) mass is 295 g/mol. The van der Waals surface area contributed by atoms with E-state index in [-0.39, 0.29) is 5.91 Å². The summed E-state index contributed by atoms with van der Waals surface area (Å²) in [6.45, 7) is 0.318. The van der Waals surface area contributed by atoms with Gasteiger partial charge in [0, 0.05) is 17.7 Å². The first-order valence-corrected chi connectivity index (χ1v) is 5.69. The second kappa shape index (κ2) is 5.05. The molecule has 7 heteroatoms. The third kappa shape index (κ3) is 2.68. The van der Waals surface area contributed by atoms with Crippen LogP contribution in [0.1, 0.15) is 16.3 Å². The van der Waals surface area contributed by atoms with Gasteiger partial charge in [0.05, 0.1) is 6.54 Å². The molecule has 0 aliphatic carbocycles. The average molecular weight is 296 g/mol. The van der Waals surface area contributed by atoms with Crippen molar-refractivity contribution in [1.82, 2.24) is 25.1 Å². The largest absolute Gasteiger partial charge is 0.343 e. The summed E-state index contributed by atoms with van der Waals surface area (Å²) >= 11 is 3.27. The number of hydrogen-bond donors (Lipinski definition) is 1. The van der Waals surface area contributed by atoms with Crippen LogP contribution in [0.25, 0.3) is 0 Å². The van der Waals surface area contributed by atoms with E-state index in [1.807, 2.05) is 7.05 Å². The lowest BCUT2D eigenvalue weighted by atomic mass is 10.3. The molecule has 2 heterocycles. The van der Waals surface area contributed by atoms with Crippen LogP contribution in [0.4, 0.5) is 0 Å². The maximum atomic E-state index is 11.8. The molecule has 0 spiro atoms. The Morgan fingerprint density at radius 3 is 3.06 bits per heavy atom. The number of carbonyl (C=O) groups is 1.